The average Bonchev–Trinajstić information content (AvgIpc) is 2.68. The zero-order chi connectivity index (χ0) is 19.4. The topological polar surface area (TPSA) is 79.8 Å². The average molecular weight is 382 g/mol. The van der Waals surface area contributed by atoms with Gasteiger partial charge in [-0.25, -0.2) is 0 Å². The summed E-state index contributed by atoms with van der Waals surface area (Å²) in [4.78, 5) is 12.5. The van der Waals surface area contributed by atoms with Gasteiger partial charge in [0.05, 0.1) is 14.2 Å². The van der Waals surface area contributed by atoms with Crippen LogP contribution in [0.4, 0.5) is 5.69 Å². The smallest absolute Gasteiger partial charge is 0.257 e. The Kier molecular flexibility index (Phi) is 5.42. The van der Waals surface area contributed by atoms with Crippen LogP contribution in [0, 0.1) is 0 Å². The Balaban J connectivity index is 1.77. The summed E-state index contributed by atoms with van der Waals surface area (Å²) < 4.78 is 10.4. The minimum atomic E-state index is -0.378. The quantitative estimate of drug-likeness (QED) is 0.597. The number of hydrogen-bond donors (Lipinski definition) is 3. The highest BCUT2D eigenvalue weighted by Crippen LogP contribution is 2.30. The summed E-state index contributed by atoms with van der Waals surface area (Å²) in [5, 5.41) is 17.2. The van der Waals surface area contributed by atoms with Gasteiger partial charge < -0.3 is 19.9 Å². The van der Waals surface area contributed by atoms with Crippen LogP contribution < -0.4 is 20.1 Å². The van der Waals surface area contributed by atoms with Crippen molar-refractivity contribution in [1.82, 2.24) is 5.32 Å². The van der Waals surface area contributed by atoms with Gasteiger partial charge in [-0.05, 0) is 42.5 Å². The second-order valence-corrected chi connectivity index (χ2v) is 6.06. The van der Waals surface area contributed by atoms with E-state index in [1.165, 1.54) is 14.2 Å². The monoisotopic (exact) mass is 382 g/mol. The van der Waals surface area contributed by atoms with Crippen LogP contribution in [0.3, 0.4) is 0 Å². The first-order chi connectivity index (χ1) is 13.0. The number of anilines is 1. The fourth-order valence-electron chi connectivity index (χ4n) is 2.71. The van der Waals surface area contributed by atoms with E-state index in [1.807, 2.05) is 12.1 Å². The fraction of sp³-hybridized carbons (Fsp3) is 0.100. The van der Waals surface area contributed by atoms with Gasteiger partial charge in [0, 0.05) is 22.0 Å². The summed E-state index contributed by atoms with van der Waals surface area (Å²) in [6.07, 6.45) is 0. The molecule has 3 rings (SSSR count). The molecule has 0 aromatic heterocycles. The molecule has 0 saturated heterocycles. The number of nitrogens with one attached hydrogen (secondary N) is 2. The molecule has 3 N–H and O–H groups in total. The van der Waals surface area contributed by atoms with Crippen LogP contribution in [-0.4, -0.2) is 30.3 Å². The molecule has 0 aliphatic heterocycles. The molecule has 0 aliphatic rings. The molecule has 3 aromatic carbocycles. The van der Waals surface area contributed by atoms with Crippen LogP contribution in [0.25, 0.3) is 10.8 Å². The number of thiocarbonyl (C=S) groups is 1. The number of hydrogen-bond acceptors (Lipinski definition) is 5. The van der Waals surface area contributed by atoms with E-state index in [4.69, 9.17) is 21.7 Å². The van der Waals surface area contributed by atoms with E-state index in [1.54, 1.807) is 42.5 Å². The number of fused-ring (bicyclic) bond motifs is 1. The fourth-order valence-corrected chi connectivity index (χ4v) is 2.91. The number of methoxy groups -OCH3 is 2. The first-order valence-electron chi connectivity index (χ1n) is 8.08. The summed E-state index contributed by atoms with van der Waals surface area (Å²) >= 11 is 5.26. The second kappa shape index (κ2) is 7.92. The first kappa shape index (κ1) is 18.5. The number of aromatic hydroxyl groups is 1. The third kappa shape index (κ3) is 3.93. The van der Waals surface area contributed by atoms with E-state index in [0.717, 1.165) is 5.39 Å². The third-order valence-corrected chi connectivity index (χ3v) is 4.22. The molecule has 7 heteroatoms. The number of ether oxygens (including phenoxy) is 2. The number of amides is 1. The molecule has 1 amide bonds. The predicted molar refractivity (Wildman–Crippen MR) is 109 cm³/mol. The molecule has 0 heterocycles. The molecule has 0 spiro atoms. The lowest BCUT2D eigenvalue weighted by molar-refractivity contribution is 0.0977. The van der Waals surface area contributed by atoms with Gasteiger partial charge in [-0.15, -0.1) is 0 Å². The van der Waals surface area contributed by atoms with Crippen LogP contribution in [0.2, 0.25) is 0 Å². The number of carbonyl (C=O) groups is 1. The summed E-state index contributed by atoms with van der Waals surface area (Å²) in [6, 6.07) is 15.5. The van der Waals surface area contributed by atoms with E-state index in [0.29, 0.717) is 28.1 Å². The molecule has 3 aromatic rings. The molecule has 0 unspecified atom stereocenters. The van der Waals surface area contributed by atoms with E-state index in [9.17, 15) is 9.90 Å². The maximum Gasteiger partial charge on any atom is 0.257 e. The Morgan fingerprint density at radius 1 is 0.963 bits per heavy atom. The minimum absolute atomic E-state index is 0.144. The van der Waals surface area contributed by atoms with E-state index < -0.39 is 0 Å². The number of phenols is 1. The Labute approximate surface area is 161 Å². The standard InChI is InChI=1S/C20H18N2O4S/c1-25-17-10-9-12(11-18(17)26-2)19(24)22-20(27)21-15-7-3-6-14-13(15)5-4-8-16(14)23/h3-11,23H,1-2H3,(H2,21,22,24,27). The third-order valence-electron chi connectivity index (χ3n) is 4.02. The zero-order valence-electron chi connectivity index (χ0n) is 14.8. The van der Waals surface area contributed by atoms with Crippen molar-refractivity contribution in [2.75, 3.05) is 19.5 Å². The summed E-state index contributed by atoms with van der Waals surface area (Å²) in [7, 11) is 3.03. The normalized spacial score (nSPS) is 10.3. The maximum absolute atomic E-state index is 12.5. The van der Waals surface area contributed by atoms with Crippen molar-refractivity contribution in [2.45, 2.75) is 0 Å². The van der Waals surface area contributed by atoms with Gasteiger partial charge in [0.25, 0.3) is 5.91 Å². The Morgan fingerprint density at radius 3 is 2.41 bits per heavy atom. The van der Waals surface area contributed by atoms with E-state index in [2.05, 4.69) is 10.6 Å². The van der Waals surface area contributed by atoms with E-state index in [-0.39, 0.29) is 16.8 Å². The lowest BCUT2D eigenvalue weighted by Gasteiger charge is -2.13. The molecule has 138 valence electrons. The highest BCUT2D eigenvalue weighted by Gasteiger charge is 2.13. The second-order valence-electron chi connectivity index (χ2n) is 5.66. The SMILES string of the molecule is COc1ccc(C(=O)NC(=S)Nc2cccc3c(O)cccc23)cc1OC. The molecule has 6 nitrogen and oxygen atoms in total. The van der Waals surface area contributed by atoms with Crippen molar-refractivity contribution in [3.8, 4) is 17.2 Å². The lowest BCUT2D eigenvalue weighted by atomic mass is 10.1. The largest absolute Gasteiger partial charge is 0.507 e. The minimum Gasteiger partial charge on any atom is -0.507 e. The molecule has 0 bridgehead atoms. The van der Waals surface area contributed by atoms with Crippen LogP contribution >= 0.6 is 12.2 Å². The Hall–Kier alpha value is -3.32. The molecule has 0 fully saturated rings. The van der Waals surface area contributed by atoms with Gasteiger partial charge in [0.15, 0.2) is 16.6 Å². The van der Waals surface area contributed by atoms with Crippen molar-refractivity contribution in [1.29, 1.82) is 0 Å². The number of rotatable bonds is 4. The highest BCUT2D eigenvalue weighted by molar-refractivity contribution is 7.80. The van der Waals surface area contributed by atoms with Gasteiger partial charge in [-0.2, -0.15) is 0 Å². The number of carbonyl (C=O) groups excluding carboxylic acids is 1. The molecule has 0 saturated carbocycles. The van der Waals surface area contributed by atoms with Crippen LogP contribution in [-0.2, 0) is 0 Å². The van der Waals surface area contributed by atoms with E-state index >= 15 is 0 Å². The van der Waals surface area contributed by atoms with Crippen molar-refractivity contribution in [3.63, 3.8) is 0 Å². The Morgan fingerprint density at radius 2 is 1.67 bits per heavy atom. The molecule has 27 heavy (non-hydrogen) atoms. The number of benzene rings is 3. The summed E-state index contributed by atoms with van der Waals surface area (Å²) in [5.41, 5.74) is 1.06. The van der Waals surface area contributed by atoms with Crippen molar-refractivity contribution >= 4 is 39.7 Å². The van der Waals surface area contributed by atoms with Crippen LogP contribution in [0.1, 0.15) is 10.4 Å². The summed E-state index contributed by atoms with van der Waals surface area (Å²) in [5.74, 6) is 0.784. The lowest BCUT2D eigenvalue weighted by Crippen LogP contribution is -2.34. The molecule has 0 aliphatic carbocycles. The highest BCUT2D eigenvalue weighted by atomic mass is 32.1. The summed E-state index contributed by atoms with van der Waals surface area (Å²) in [6.45, 7) is 0. The van der Waals surface area contributed by atoms with Crippen molar-refractivity contribution in [3.05, 3.63) is 60.2 Å². The van der Waals surface area contributed by atoms with Crippen molar-refractivity contribution < 1.29 is 19.4 Å². The zero-order valence-corrected chi connectivity index (χ0v) is 15.6. The Bertz CT molecular complexity index is 1020. The van der Waals surface area contributed by atoms with Gasteiger partial charge in [0.1, 0.15) is 5.75 Å². The number of phenolic OH excluding ortho intramolecular Hbond substituents is 1. The molecule has 0 radical (unpaired) electrons. The molecular formula is C20H18N2O4S. The maximum atomic E-state index is 12.5. The molecule has 0 atom stereocenters. The van der Waals surface area contributed by atoms with Crippen molar-refractivity contribution in [2.24, 2.45) is 0 Å². The molecular weight excluding hydrogens is 364 g/mol. The van der Waals surface area contributed by atoms with Crippen LogP contribution in [0.5, 0.6) is 17.2 Å². The van der Waals surface area contributed by atoms with Gasteiger partial charge in [0.2, 0.25) is 0 Å². The van der Waals surface area contributed by atoms with Gasteiger partial charge in [-0.3, -0.25) is 10.1 Å². The van der Waals surface area contributed by atoms with Gasteiger partial charge in [-0.1, -0.05) is 24.3 Å². The van der Waals surface area contributed by atoms with Crippen LogP contribution in [0.15, 0.2) is 54.6 Å². The van der Waals surface area contributed by atoms with Gasteiger partial charge >= 0.3 is 0 Å². The first-order valence-corrected chi connectivity index (χ1v) is 8.49. The predicted octanol–water partition coefficient (Wildman–Crippen LogP) is 3.69.